The molecule has 3 nitrogen and oxygen atoms in total. The molecule has 0 bridgehead atoms. The molecule has 1 aromatic heterocycles. The highest BCUT2D eigenvalue weighted by Crippen LogP contribution is 2.26. The van der Waals surface area contributed by atoms with Crippen molar-refractivity contribution in [3.8, 4) is 0 Å². The highest BCUT2D eigenvalue weighted by atomic mass is 16.5. The second-order valence-electron chi connectivity index (χ2n) is 5.94. The minimum absolute atomic E-state index is 0.0639. The molecule has 1 atom stereocenters. The maximum atomic E-state index is 5.54. The zero-order valence-corrected chi connectivity index (χ0v) is 13.7. The average molecular weight is 278 g/mol. The molecule has 1 N–H and O–H groups in total. The highest BCUT2D eigenvalue weighted by molar-refractivity contribution is 5.26. The Labute approximate surface area is 124 Å². The summed E-state index contributed by atoms with van der Waals surface area (Å²) in [6.07, 6.45) is 8.19. The smallest absolute Gasteiger partial charge is 0.0623 e. The SMILES string of the molecule is CCCNC(CCC(C)(C)OC)c1ccncc1CC. The van der Waals surface area contributed by atoms with E-state index in [0.717, 1.165) is 32.2 Å². The van der Waals surface area contributed by atoms with Gasteiger partial charge in [-0.15, -0.1) is 0 Å². The van der Waals surface area contributed by atoms with Gasteiger partial charge in [-0.25, -0.2) is 0 Å². The van der Waals surface area contributed by atoms with E-state index in [1.807, 2.05) is 12.4 Å². The number of aryl methyl sites for hydroxylation is 1. The molecule has 114 valence electrons. The summed E-state index contributed by atoms with van der Waals surface area (Å²) in [5, 5.41) is 3.67. The van der Waals surface area contributed by atoms with Crippen molar-refractivity contribution in [3.05, 3.63) is 29.6 Å². The molecule has 0 saturated heterocycles. The summed E-state index contributed by atoms with van der Waals surface area (Å²) in [6, 6.07) is 2.55. The van der Waals surface area contributed by atoms with Crippen LogP contribution in [0.15, 0.2) is 18.5 Å². The van der Waals surface area contributed by atoms with Crippen molar-refractivity contribution in [3.63, 3.8) is 0 Å². The average Bonchev–Trinajstić information content (AvgIpc) is 2.47. The number of nitrogens with one attached hydrogen (secondary N) is 1. The Morgan fingerprint density at radius 2 is 2.10 bits per heavy atom. The molecule has 0 saturated carbocycles. The number of aromatic nitrogens is 1. The monoisotopic (exact) mass is 278 g/mol. The quantitative estimate of drug-likeness (QED) is 0.744. The van der Waals surface area contributed by atoms with Crippen molar-refractivity contribution in [2.24, 2.45) is 0 Å². The zero-order chi connectivity index (χ0) is 15.0. The van der Waals surface area contributed by atoms with Gasteiger partial charge in [-0.2, -0.15) is 0 Å². The third-order valence-electron chi connectivity index (χ3n) is 3.93. The molecule has 1 aromatic rings. The molecule has 0 amide bonds. The summed E-state index contributed by atoms with van der Waals surface area (Å²) in [5.74, 6) is 0. The van der Waals surface area contributed by atoms with Crippen LogP contribution in [0.2, 0.25) is 0 Å². The molecule has 20 heavy (non-hydrogen) atoms. The maximum Gasteiger partial charge on any atom is 0.0623 e. The van der Waals surface area contributed by atoms with Crippen LogP contribution in [0.1, 0.15) is 64.1 Å². The standard InChI is InChI=1S/C17H30N2O/c1-6-11-19-16(8-10-17(3,4)20-5)15-9-12-18-13-14(15)7-2/h9,12-13,16,19H,6-8,10-11H2,1-5H3. The van der Waals surface area contributed by atoms with E-state index < -0.39 is 0 Å². The Morgan fingerprint density at radius 3 is 2.70 bits per heavy atom. The third-order valence-corrected chi connectivity index (χ3v) is 3.93. The normalized spacial score (nSPS) is 13.4. The molecule has 0 aromatic carbocycles. The van der Waals surface area contributed by atoms with E-state index in [0.29, 0.717) is 6.04 Å². The summed E-state index contributed by atoms with van der Waals surface area (Å²) in [6.45, 7) is 9.74. The van der Waals surface area contributed by atoms with Gasteiger partial charge in [0.25, 0.3) is 0 Å². The summed E-state index contributed by atoms with van der Waals surface area (Å²) < 4.78 is 5.54. The number of hydrogen-bond acceptors (Lipinski definition) is 3. The largest absolute Gasteiger partial charge is 0.379 e. The summed E-state index contributed by atoms with van der Waals surface area (Å²) >= 11 is 0. The van der Waals surface area contributed by atoms with Crippen molar-refractivity contribution in [1.82, 2.24) is 10.3 Å². The second kappa shape index (κ2) is 8.38. The van der Waals surface area contributed by atoms with Gasteiger partial charge >= 0.3 is 0 Å². The molecular formula is C17H30N2O. The molecule has 0 fully saturated rings. The van der Waals surface area contributed by atoms with Crippen molar-refractivity contribution >= 4 is 0 Å². The fourth-order valence-corrected chi connectivity index (χ4v) is 2.35. The van der Waals surface area contributed by atoms with E-state index in [9.17, 15) is 0 Å². The first-order chi connectivity index (χ1) is 9.54. The lowest BCUT2D eigenvalue weighted by Gasteiger charge is -2.27. The minimum Gasteiger partial charge on any atom is -0.379 e. The van der Waals surface area contributed by atoms with Crippen LogP contribution in [0.5, 0.6) is 0 Å². The first kappa shape index (κ1) is 17.1. The third kappa shape index (κ3) is 5.22. The Kier molecular flexibility index (Phi) is 7.17. The Morgan fingerprint density at radius 1 is 1.35 bits per heavy atom. The van der Waals surface area contributed by atoms with Crippen LogP contribution in [0.25, 0.3) is 0 Å². The molecule has 1 heterocycles. The van der Waals surface area contributed by atoms with Crippen molar-refractivity contribution in [2.75, 3.05) is 13.7 Å². The maximum absolute atomic E-state index is 5.54. The molecule has 0 spiro atoms. The van der Waals surface area contributed by atoms with Crippen LogP contribution in [0, 0.1) is 0 Å². The lowest BCUT2D eigenvalue weighted by atomic mass is 9.92. The molecule has 1 rings (SSSR count). The first-order valence-electron chi connectivity index (χ1n) is 7.75. The van der Waals surface area contributed by atoms with E-state index >= 15 is 0 Å². The van der Waals surface area contributed by atoms with Crippen molar-refractivity contribution in [2.45, 2.75) is 65.0 Å². The number of methoxy groups -OCH3 is 1. The van der Waals surface area contributed by atoms with Crippen LogP contribution < -0.4 is 5.32 Å². The summed E-state index contributed by atoms with van der Waals surface area (Å²) in [4.78, 5) is 4.25. The Balaban J connectivity index is 2.82. The van der Waals surface area contributed by atoms with Crippen LogP contribution in [0.4, 0.5) is 0 Å². The van der Waals surface area contributed by atoms with Crippen molar-refractivity contribution < 1.29 is 4.74 Å². The van der Waals surface area contributed by atoms with Crippen LogP contribution >= 0.6 is 0 Å². The number of rotatable bonds is 9. The second-order valence-corrected chi connectivity index (χ2v) is 5.94. The molecule has 0 aliphatic rings. The van der Waals surface area contributed by atoms with Crippen LogP contribution in [-0.2, 0) is 11.2 Å². The fourth-order valence-electron chi connectivity index (χ4n) is 2.35. The van der Waals surface area contributed by atoms with Gasteiger partial charge in [0.2, 0.25) is 0 Å². The van der Waals surface area contributed by atoms with E-state index in [-0.39, 0.29) is 5.60 Å². The lowest BCUT2D eigenvalue weighted by Crippen LogP contribution is -2.28. The fraction of sp³-hybridized carbons (Fsp3) is 0.706. The first-order valence-corrected chi connectivity index (χ1v) is 7.75. The van der Waals surface area contributed by atoms with Gasteiger partial charge in [0.05, 0.1) is 5.60 Å². The number of pyridine rings is 1. The van der Waals surface area contributed by atoms with E-state index in [1.165, 1.54) is 11.1 Å². The number of nitrogens with zero attached hydrogens (tertiary/aromatic N) is 1. The van der Waals surface area contributed by atoms with Gasteiger partial charge in [-0.05, 0) is 63.3 Å². The van der Waals surface area contributed by atoms with Gasteiger partial charge < -0.3 is 10.1 Å². The lowest BCUT2D eigenvalue weighted by molar-refractivity contribution is 0.0116. The van der Waals surface area contributed by atoms with Gasteiger partial charge in [0.1, 0.15) is 0 Å². The zero-order valence-electron chi connectivity index (χ0n) is 13.7. The van der Waals surface area contributed by atoms with Crippen molar-refractivity contribution in [1.29, 1.82) is 0 Å². The van der Waals surface area contributed by atoms with E-state index in [1.54, 1.807) is 7.11 Å². The minimum atomic E-state index is -0.0639. The van der Waals surface area contributed by atoms with E-state index in [2.05, 4.69) is 44.1 Å². The van der Waals surface area contributed by atoms with Gasteiger partial charge in [-0.1, -0.05) is 13.8 Å². The van der Waals surface area contributed by atoms with Crippen LogP contribution in [-0.4, -0.2) is 24.2 Å². The molecule has 1 unspecified atom stereocenters. The predicted molar refractivity (Wildman–Crippen MR) is 85.0 cm³/mol. The molecular weight excluding hydrogens is 248 g/mol. The molecule has 0 aliphatic carbocycles. The number of ether oxygens (including phenoxy) is 1. The summed E-state index contributed by atoms with van der Waals surface area (Å²) in [5.41, 5.74) is 2.67. The Bertz CT molecular complexity index is 390. The number of hydrogen-bond donors (Lipinski definition) is 1. The van der Waals surface area contributed by atoms with Gasteiger partial charge in [0, 0.05) is 25.5 Å². The van der Waals surface area contributed by atoms with E-state index in [4.69, 9.17) is 4.74 Å². The van der Waals surface area contributed by atoms with Gasteiger partial charge in [-0.3, -0.25) is 4.98 Å². The highest BCUT2D eigenvalue weighted by Gasteiger charge is 2.21. The van der Waals surface area contributed by atoms with Gasteiger partial charge in [0.15, 0.2) is 0 Å². The Hall–Kier alpha value is -0.930. The van der Waals surface area contributed by atoms with Crippen LogP contribution in [0.3, 0.4) is 0 Å². The molecule has 3 heteroatoms. The topological polar surface area (TPSA) is 34.1 Å². The predicted octanol–water partition coefficient (Wildman–Crippen LogP) is 3.89. The molecule has 0 radical (unpaired) electrons. The summed E-state index contributed by atoms with van der Waals surface area (Å²) in [7, 11) is 1.79. The molecule has 0 aliphatic heterocycles.